The van der Waals surface area contributed by atoms with E-state index in [0.29, 0.717) is 0 Å². The van der Waals surface area contributed by atoms with Crippen molar-refractivity contribution in [1.82, 2.24) is 0 Å². The average molecular weight is 256 g/mol. The second-order valence-corrected chi connectivity index (χ2v) is 4.25. The van der Waals surface area contributed by atoms with E-state index < -0.39 is 0 Å². The SMILES string of the molecule is COc1ccc([C@H](N)c2cccs2)cc1.Cl. The molecule has 0 unspecified atom stereocenters. The Labute approximate surface area is 105 Å². The number of hydrogen-bond acceptors (Lipinski definition) is 3. The van der Waals surface area contributed by atoms with Gasteiger partial charge in [0.1, 0.15) is 5.75 Å². The van der Waals surface area contributed by atoms with E-state index in [9.17, 15) is 0 Å². The molecule has 0 aliphatic rings. The molecule has 2 rings (SSSR count). The van der Waals surface area contributed by atoms with E-state index in [0.717, 1.165) is 11.3 Å². The number of halogens is 1. The predicted molar refractivity (Wildman–Crippen MR) is 70.6 cm³/mol. The molecule has 16 heavy (non-hydrogen) atoms. The number of nitrogens with two attached hydrogens (primary N) is 1. The van der Waals surface area contributed by atoms with Crippen LogP contribution in [0.3, 0.4) is 0 Å². The zero-order chi connectivity index (χ0) is 10.7. The Morgan fingerprint density at radius 2 is 1.88 bits per heavy atom. The van der Waals surface area contributed by atoms with Gasteiger partial charge in [-0.15, -0.1) is 23.7 Å². The highest BCUT2D eigenvalue weighted by Crippen LogP contribution is 2.24. The van der Waals surface area contributed by atoms with Crippen LogP contribution in [0.15, 0.2) is 41.8 Å². The van der Waals surface area contributed by atoms with E-state index in [1.54, 1.807) is 18.4 Å². The molecule has 0 spiro atoms. The van der Waals surface area contributed by atoms with Crippen molar-refractivity contribution in [2.75, 3.05) is 7.11 Å². The fourth-order valence-electron chi connectivity index (χ4n) is 1.44. The van der Waals surface area contributed by atoms with Gasteiger partial charge >= 0.3 is 0 Å². The smallest absolute Gasteiger partial charge is 0.118 e. The van der Waals surface area contributed by atoms with Crippen molar-refractivity contribution < 1.29 is 4.74 Å². The summed E-state index contributed by atoms with van der Waals surface area (Å²) in [5.41, 5.74) is 7.23. The lowest BCUT2D eigenvalue weighted by Gasteiger charge is -2.10. The quantitative estimate of drug-likeness (QED) is 0.914. The molecule has 2 nitrogen and oxygen atoms in total. The molecule has 2 N–H and O–H groups in total. The minimum Gasteiger partial charge on any atom is -0.497 e. The van der Waals surface area contributed by atoms with Crippen LogP contribution in [-0.4, -0.2) is 7.11 Å². The summed E-state index contributed by atoms with van der Waals surface area (Å²) in [5.74, 6) is 0.858. The van der Waals surface area contributed by atoms with Gasteiger partial charge in [-0.3, -0.25) is 0 Å². The van der Waals surface area contributed by atoms with Gasteiger partial charge in [0.2, 0.25) is 0 Å². The summed E-state index contributed by atoms with van der Waals surface area (Å²) in [7, 11) is 1.66. The Morgan fingerprint density at radius 1 is 1.19 bits per heavy atom. The molecule has 0 fully saturated rings. The lowest BCUT2D eigenvalue weighted by molar-refractivity contribution is 0.414. The molecule has 0 radical (unpaired) electrons. The maximum Gasteiger partial charge on any atom is 0.118 e. The Bertz CT molecular complexity index is 413. The second kappa shape index (κ2) is 5.89. The van der Waals surface area contributed by atoms with Gasteiger partial charge in [0, 0.05) is 4.88 Å². The van der Waals surface area contributed by atoms with E-state index >= 15 is 0 Å². The van der Waals surface area contributed by atoms with Crippen molar-refractivity contribution in [1.29, 1.82) is 0 Å². The minimum absolute atomic E-state index is 0. The monoisotopic (exact) mass is 255 g/mol. The first-order chi connectivity index (χ1) is 7.31. The highest BCUT2D eigenvalue weighted by molar-refractivity contribution is 7.10. The lowest BCUT2D eigenvalue weighted by atomic mass is 10.1. The zero-order valence-corrected chi connectivity index (χ0v) is 10.6. The molecule has 1 heterocycles. The van der Waals surface area contributed by atoms with Gasteiger partial charge in [-0.05, 0) is 29.1 Å². The van der Waals surface area contributed by atoms with Crippen LogP contribution in [-0.2, 0) is 0 Å². The predicted octanol–water partition coefficient (Wildman–Crippen LogP) is 3.23. The van der Waals surface area contributed by atoms with E-state index in [-0.39, 0.29) is 18.4 Å². The van der Waals surface area contributed by atoms with Gasteiger partial charge in [0.25, 0.3) is 0 Å². The van der Waals surface area contributed by atoms with Crippen LogP contribution in [0.4, 0.5) is 0 Å². The Hall–Kier alpha value is -1.03. The van der Waals surface area contributed by atoms with Crippen LogP contribution in [0, 0.1) is 0 Å². The van der Waals surface area contributed by atoms with Crippen LogP contribution in [0.25, 0.3) is 0 Å². The zero-order valence-electron chi connectivity index (χ0n) is 8.92. The third kappa shape index (κ3) is 2.76. The largest absolute Gasteiger partial charge is 0.497 e. The number of rotatable bonds is 3. The van der Waals surface area contributed by atoms with Crippen molar-refractivity contribution in [3.05, 3.63) is 52.2 Å². The molecule has 86 valence electrons. The van der Waals surface area contributed by atoms with Crippen molar-refractivity contribution in [3.63, 3.8) is 0 Å². The summed E-state index contributed by atoms with van der Waals surface area (Å²) in [4.78, 5) is 1.18. The summed E-state index contributed by atoms with van der Waals surface area (Å²) >= 11 is 1.68. The average Bonchev–Trinajstić information content (AvgIpc) is 2.82. The summed E-state index contributed by atoms with van der Waals surface area (Å²) in [5, 5.41) is 2.04. The topological polar surface area (TPSA) is 35.2 Å². The van der Waals surface area contributed by atoms with Gasteiger partial charge in [-0.25, -0.2) is 0 Å². The Kier molecular flexibility index (Phi) is 4.80. The van der Waals surface area contributed by atoms with Crippen LogP contribution < -0.4 is 10.5 Å². The molecule has 0 saturated carbocycles. The van der Waals surface area contributed by atoms with E-state index in [1.165, 1.54) is 4.88 Å². The third-order valence-corrected chi connectivity index (χ3v) is 3.28. The molecule has 0 aliphatic heterocycles. The van der Waals surface area contributed by atoms with Crippen molar-refractivity contribution in [3.8, 4) is 5.75 Å². The summed E-state index contributed by atoms with van der Waals surface area (Å²) in [6, 6.07) is 11.9. The van der Waals surface area contributed by atoms with Crippen molar-refractivity contribution >= 4 is 23.7 Å². The molecule has 0 saturated heterocycles. The normalized spacial score (nSPS) is 11.6. The standard InChI is InChI=1S/C12H13NOS.ClH/c1-14-10-6-4-9(5-7-10)12(13)11-3-2-8-15-11;/h2-8,12H,13H2,1H3;1H/t12-;/m0./s1. The molecular weight excluding hydrogens is 242 g/mol. The van der Waals surface area contributed by atoms with Crippen molar-refractivity contribution in [2.24, 2.45) is 5.73 Å². The Balaban J connectivity index is 0.00000128. The number of hydrogen-bond donors (Lipinski definition) is 1. The molecule has 1 atom stereocenters. The van der Waals surface area contributed by atoms with Crippen LogP contribution in [0.1, 0.15) is 16.5 Å². The van der Waals surface area contributed by atoms with Gasteiger partial charge < -0.3 is 10.5 Å². The fourth-order valence-corrected chi connectivity index (χ4v) is 2.20. The molecule has 2 aromatic rings. The summed E-state index contributed by atoms with van der Waals surface area (Å²) in [6.07, 6.45) is 0. The first-order valence-corrected chi connectivity index (χ1v) is 5.62. The van der Waals surface area contributed by atoms with E-state index in [2.05, 4.69) is 6.07 Å². The minimum atomic E-state index is -0.0316. The Morgan fingerprint density at radius 3 is 2.38 bits per heavy atom. The number of methoxy groups -OCH3 is 1. The number of benzene rings is 1. The molecule has 0 aliphatic carbocycles. The van der Waals surface area contributed by atoms with E-state index in [4.69, 9.17) is 10.5 Å². The van der Waals surface area contributed by atoms with E-state index in [1.807, 2.05) is 35.7 Å². The summed E-state index contributed by atoms with van der Waals surface area (Å²) < 4.78 is 5.10. The van der Waals surface area contributed by atoms with Crippen LogP contribution in [0.2, 0.25) is 0 Å². The summed E-state index contributed by atoms with van der Waals surface area (Å²) in [6.45, 7) is 0. The maximum absolute atomic E-state index is 6.12. The molecule has 0 bridgehead atoms. The molecule has 1 aromatic carbocycles. The first kappa shape index (κ1) is 13.0. The third-order valence-electron chi connectivity index (χ3n) is 2.32. The fraction of sp³-hybridized carbons (Fsp3) is 0.167. The van der Waals surface area contributed by atoms with Crippen LogP contribution in [0.5, 0.6) is 5.75 Å². The highest BCUT2D eigenvalue weighted by Gasteiger charge is 2.09. The van der Waals surface area contributed by atoms with Gasteiger partial charge in [-0.2, -0.15) is 0 Å². The second-order valence-electron chi connectivity index (χ2n) is 3.27. The molecular formula is C12H14ClNOS. The van der Waals surface area contributed by atoms with Crippen molar-refractivity contribution in [2.45, 2.75) is 6.04 Å². The van der Waals surface area contributed by atoms with Gasteiger partial charge in [-0.1, -0.05) is 18.2 Å². The maximum atomic E-state index is 6.12. The molecule has 0 amide bonds. The number of thiophene rings is 1. The molecule has 4 heteroatoms. The number of ether oxygens (including phenoxy) is 1. The molecule has 1 aromatic heterocycles. The lowest BCUT2D eigenvalue weighted by Crippen LogP contribution is -2.09. The van der Waals surface area contributed by atoms with Gasteiger partial charge in [0.05, 0.1) is 13.2 Å². The van der Waals surface area contributed by atoms with Gasteiger partial charge in [0.15, 0.2) is 0 Å². The highest BCUT2D eigenvalue weighted by atomic mass is 35.5. The first-order valence-electron chi connectivity index (χ1n) is 4.74. The van der Waals surface area contributed by atoms with Crippen LogP contribution >= 0.6 is 23.7 Å².